The SMILES string of the molecule is O=C(c1cc(-c2cccs2)on1)N1CCCC(c2nnc(C(F)(F)F)o2)C1. The number of hydrogen-bond acceptors (Lipinski definition) is 7. The smallest absolute Gasteiger partial charge is 0.417 e. The van der Waals surface area contributed by atoms with Crippen molar-refractivity contribution in [1.82, 2.24) is 20.3 Å². The van der Waals surface area contributed by atoms with Gasteiger partial charge in [-0.3, -0.25) is 4.79 Å². The molecule has 4 heterocycles. The predicted octanol–water partition coefficient (Wildman–Crippen LogP) is 3.82. The molecule has 0 radical (unpaired) electrons. The summed E-state index contributed by atoms with van der Waals surface area (Å²) in [7, 11) is 0. The highest BCUT2D eigenvalue weighted by atomic mass is 32.1. The third-order valence-corrected chi connectivity index (χ3v) is 5.12. The molecule has 0 N–H and O–H groups in total. The van der Waals surface area contributed by atoms with Crippen LogP contribution in [-0.4, -0.2) is 39.3 Å². The molecule has 0 aromatic carbocycles. The van der Waals surface area contributed by atoms with Crippen LogP contribution in [-0.2, 0) is 6.18 Å². The lowest BCUT2D eigenvalue weighted by Crippen LogP contribution is -2.39. The molecule has 11 heteroatoms. The van der Waals surface area contributed by atoms with E-state index in [4.69, 9.17) is 8.94 Å². The first kappa shape index (κ1) is 17.7. The Hall–Kier alpha value is -2.69. The second-order valence-corrected chi connectivity index (χ2v) is 7.03. The fourth-order valence-corrected chi connectivity index (χ4v) is 3.62. The van der Waals surface area contributed by atoms with E-state index in [1.54, 1.807) is 6.07 Å². The minimum absolute atomic E-state index is 0.112. The average Bonchev–Trinajstić information content (AvgIpc) is 3.41. The lowest BCUT2D eigenvalue weighted by atomic mass is 9.98. The van der Waals surface area contributed by atoms with Gasteiger partial charge in [0.25, 0.3) is 5.91 Å². The fourth-order valence-electron chi connectivity index (χ4n) is 2.95. The molecule has 4 rings (SSSR count). The molecule has 3 aromatic heterocycles. The second-order valence-electron chi connectivity index (χ2n) is 6.09. The number of halogens is 3. The van der Waals surface area contributed by atoms with Gasteiger partial charge in [0, 0.05) is 19.2 Å². The lowest BCUT2D eigenvalue weighted by molar-refractivity contribution is -0.157. The number of piperidine rings is 1. The van der Waals surface area contributed by atoms with E-state index in [1.807, 2.05) is 17.5 Å². The lowest BCUT2D eigenvalue weighted by Gasteiger charge is -2.30. The first-order valence-corrected chi connectivity index (χ1v) is 9.00. The molecule has 0 saturated carbocycles. The van der Waals surface area contributed by atoms with Gasteiger partial charge in [-0.05, 0) is 24.3 Å². The number of hydrogen-bond donors (Lipinski definition) is 0. The van der Waals surface area contributed by atoms with E-state index < -0.39 is 18.0 Å². The molecule has 1 aliphatic heterocycles. The number of nitrogens with zero attached hydrogens (tertiary/aromatic N) is 4. The van der Waals surface area contributed by atoms with Gasteiger partial charge in [0.15, 0.2) is 11.5 Å². The highest BCUT2D eigenvalue weighted by Gasteiger charge is 2.39. The number of thiophene rings is 1. The normalized spacial score (nSPS) is 18.0. The largest absolute Gasteiger partial charge is 0.470 e. The maximum Gasteiger partial charge on any atom is 0.470 e. The molecule has 1 amide bonds. The molecule has 0 bridgehead atoms. The molecule has 1 atom stereocenters. The van der Waals surface area contributed by atoms with Crippen LogP contribution in [0.3, 0.4) is 0 Å². The molecule has 1 unspecified atom stereocenters. The number of likely N-dealkylation sites (tertiary alicyclic amines) is 1. The first-order valence-electron chi connectivity index (χ1n) is 8.12. The molecule has 0 aliphatic carbocycles. The van der Waals surface area contributed by atoms with Gasteiger partial charge >= 0.3 is 12.1 Å². The van der Waals surface area contributed by atoms with Crippen molar-refractivity contribution >= 4 is 17.2 Å². The third kappa shape index (κ3) is 3.59. The van der Waals surface area contributed by atoms with Gasteiger partial charge in [0.1, 0.15) is 0 Å². The van der Waals surface area contributed by atoms with Crippen molar-refractivity contribution in [2.45, 2.75) is 24.9 Å². The third-order valence-electron chi connectivity index (χ3n) is 4.23. The number of amides is 1. The summed E-state index contributed by atoms with van der Waals surface area (Å²) >= 11 is 1.46. The van der Waals surface area contributed by atoms with E-state index in [9.17, 15) is 18.0 Å². The van der Waals surface area contributed by atoms with Crippen molar-refractivity contribution in [2.24, 2.45) is 0 Å². The van der Waals surface area contributed by atoms with Crippen LogP contribution in [0.2, 0.25) is 0 Å². The molecule has 142 valence electrons. The highest BCUT2D eigenvalue weighted by Crippen LogP contribution is 2.32. The molecule has 1 saturated heterocycles. The zero-order chi connectivity index (χ0) is 19.0. The van der Waals surface area contributed by atoms with Gasteiger partial charge in [-0.15, -0.1) is 21.5 Å². The maximum atomic E-state index is 12.7. The van der Waals surface area contributed by atoms with Gasteiger partial charge in [-0.1, -0.05) is 11.2 Å². The second kappa shape index (κ2) is 6.80. The molecule has 0 spiro atoms. The van der Waals surface area contributed by atoms with Gasteiger partial charge in [-0.25, -0.2) is 0 Å². The van der Waals surface area contributed by atoms with Crippen LogP contribution in [0.5, 0.6) is 0 Å². The molecule has 7 nitrogen and oxygen atoms in total. The summed E-state index contributed by atoms with van der Waals surface area (Å²) in [4.78, 5) is 15.1. The summed E-state index contributed by atoms with van der Waals surface area (Å²) in [6.45, 7) is 0.649. The van der Waals surface area contributed by atoms with Crippen molar-refractivity contribution in [3.63, 3.8) is 0 Å². The number of alkyl halides is 3. The summed E-state index contributed by atoms with van der Waals surface area (Å²) in [5, 5.41) is 12.3. The minimum Gasteiger partial charge on any atom is -0.417 e. The van der Waals surface area contributed by atoms with Gasteiger partial charge in [0.2, 0.25) is 5.89 Å². The Balaban J connectivity index is 1.48. The summed E-state index contributed by atoms with van der Waals surface area (Å²) in [6.07, 6.45) is -3.52. The molecule has 1 aliphatic rings. The summed E-state index contributed by atoms with van der Waals surface area (Å²) < 4.78 is 47.9. The number of aromatic nitrogens is 3. The van der Waals surface area contributed by atoms with Crippen LogP contribution in [0.15, 0.2) is 32.5 Å². The van der Waals surface area contributed by atoms with Crippen molar-refractivity contribution in [2.75, 3.05) is 13.1 Å². The van der Waals surface area contributed by atoms with Gasteiger partial charge < -0.3 is 13.8 Å². The van der Waals surface area contributed by atoms with Crippen LogP contribution in [0, 0.1) is 0 Å². The monoisotopic (exact) mass is 398 g/mol. The number of rotatable bonds is 3. The standard InChI is InChI=1S/C16H13F3N4O3S/c17-16(18,19)15-21-20-13(25-15)9-3-1-5-23(8-9)14(24)10-7-11(26-22-10)12-4-2-6-27-12/h2,4,6-7,9H,1,3,5,8H2. The highest BCUT2D eigenvalue weighted by molar-refractivity contribution is 7.13. The van der Waals surface area contributed by atoms with Gasteiger partial charge in [-0.2, -0.15) is 13.2 Å². The molecular formula is C16H13F3N4O3S. The zero-order valence-corrected chi connectivity index (χ0v) is 14.6. The van der Waals surface area contributed by atoms with E-state index in [2.05, 4.69) is 15.4 Å². The van der Waals surface area contributed by atoms with Crippen molar-refractivity contribution in [3.8, 4) is 10.6 Å². The first-order chi connectivity index (χ1) is 12.9. The predicted molar refractivity (Wildman–Crippen MR) is 87.0 cm³/mol. The molecule has 1 fully saturated rings. The van der Waals surface area contributed by atoms with E-state index in [0.717, 1.165) is 4.88 Å². The summed E-state index contributed by atoms with van der Waals surface area (Å²) in [5.41, 5.74) is 0.153. The Labute approximate surface area is 154 Å². The summed E-state index contributed by atoms with van der Waals surface area (Å²) in [5.74, 6) is -1.79. The molecule has 27 heavy (non-hydrogen) atoms. The van der Waals surface area contributed by atoms with Crippen molar-refractivity contribution < 1.29 is 26.9 Å². The van der Waals surface area contributed by atoms with Crippen LogP contribution >= 0.6 is 11.3 Å². The fraction of sp³-hybridized carbons (Fsp3) is 0.375. The van der Waals surface area contributed by atoms with Crippen molar-refractivity contribution in [3.05, 3.63) is 41.1 Å². The number of carbonyl (C=O) groups is 1. The van der Waals surface area contributed by atoms with Crippen LogP contribution in [0.4, 0.5) is 13.2 Å². The van der Waals surface area contributed by atoms with Gasteiger partial charge in [0.05, 0.1) is 10.8 Å². The van der Waals surface area contributed by atoms with Crippen LogP contribution < -0.4 is 0 Å². The zero-order valence-electron chi connectivity index (χ0n) is 13.8. The topological polar surface area (TPSA) is 85.3 Å². The van der Waals surface area contributed by atoms with E-state index in [0.29, 0.717) is 25.1 Å². The van der Waals surface area contributed by atoms with Crippen LogP contribution in [0.1, 0.15) is 41.0 Å². The van der Waals surface area contributed by atoms with E-state index in [1.165, 1.54) is 16.2 Å². The van der Waals surface area contributed by atoms with E-state index in [-0.39, 0.29) is 24.0 Å². The molecular weight excluding hydrogens is 385 g/mol. The number of carbonyl (C=O) groups excluding carboxylic acids is 1. The Morgan fingerprint density at radius 3 is 2.89 bits per heavy atom. The maximum absolute atomic E-state index is 12.7. The minimum atomic E-state index is -4.69. The Morgan fingerprint density at radius 2 is 2.19 bits per heavy atom. The Kier molecular flexibility index (Phi) is 4.46. The quantitative estimate of drug-likeness (QED) is 0.667. The average molecular weight is 398 g/mol. The Bertz CT molecular complexity index is 935. The summed E-state index contributed by atoms with van der Waals surface area (Å²) in [6, 6.07) is 5.27. The van der Waals surface area contributed by atoms with Crippen LogP contribution in [0.25, 0.3) is 10.6 Å². The Morgan fingerprint density at radius 1 is 1.33 bits per heavy atom. The van der Waals surface area contributed by atoms with Crippen molar-refractivity contribution in [1.29, 1.82) is 0 Å². The molecule has 3 aromatic rings. The van der Waals surface area contributed by atoms with E-state index >= 15 is 0 Å².